The van der Waals surface area contributed by atoms with Crippen LogP contribution in [0.15, 0.2) is 66.4 Å². The molecule has 25 heavy (non-hydrogen) atoms. The summed E-state index contributed by atoms with van der Waals surface area (Å²) in [5.41, 5.74) is 1.67. The summed E-state index contributed by atoms with van der Waals surface area (Å²) in [6.45, 7) is 0. The third-order valence-corrected chi connectivity index (χ3v) is 3.32. The molecule has 0 spiro atoms. The second-order valence-corrected chi connectivity index (χ2v) is 5.06. The van der Waals surface area contributed by atoms with E-state index in [1.165, 1.54) is 13.2 Å². The lowest BCUT2D eigenvalue weighted by Crippen LogP contribution is -2.26. The fraction of sp³-hybridized carbons (Fsp3) is 0.100. The Balaban J connectivity index is 2.14. The number of hydrogen-bond donors (Lipinski definition) is 1. The van der Waals surface area contributed by atoms with E-state index < -0.39 is 11.9 Å². The molecule has 0 heterocycles. The van der Waals surface area contributed by atoms with Gasteiger partial charge < -0.3 is 14.8 Å². The molecule has 0 aliphatic carbocycles. The summed E-state index contributed by atoms with van der Waals surface area (Å²) >= 11 is 0. The van der Waals surface area contributed by atoms with Gasteiger partial charge in [0, 0.05) is 6.08 Å². The minimum atomic E-state index is -0.628. The summed E-state index contributed by atoms with van der Waals surface area (Å²) in [6, 6.07) is 16.5. The Kier molecular flexibility index (Phi) is 6.54. The summed E-state index contributed by atoms with van der Waals surface area (Å²) in [7, 11) is 2.83. The Morgan fingerprint density at radius 2 is 1.60 bits per heavy atom. The van der Waals surface area contributed by atoms with E-state index in [2.05, 4.69) is 5.32 Å². The van der Waals surface area contributed by atoms with Gasteiger partial charge in [0.1, 0.15) is 11.4 Å². The first-order valence-corrected chi connectivity index (χ1v) is 7.60. The Bertz CT molecular complexity index is 777. The van der Waals surface area contributed by atoms with Gasteiger partial charge in [0.25, 0.3) is 0 Å². The molecule has 2 aromatic carbocycles. The van der Waals surface area contributed by atoms with Crippen LogP contribution in [0, 0.1) is 0 Å². The van der Waals surface area contributed by atoms with Gasteiger partial charge in [-0.05, 0) is 35.4 Å². The maximum atomic E-state index is 12.1. The molecule has 2 rings (SSSR count). The maximum absolute atomic E-state index is 12.1. The molecule has 0 bridgehead atoms. The van der Waals surface area contributed by atoms with E-state index in [0.29, 0.717) is 5.75 Å². The highest BCUT2D eigenvalue weighted by atomic mass is 16.5. The van der Waals surface area contributed by atoms with Gasteiger partial charge >= 0.3 is 5.97 Å². The van der Waals surface area contributed by atoms with Crippen molar-refractivity contribution >= 4 is 24.0 Å². The van der Waals surface area contributed by atoms with E-state index in [4.69, 9.17) is 9.47 Å². The smallest absolute Gasteiger partial charge is 0.354 e. The lowest BCUT2D eigenvalue weighted by molar-refractivity contribution is -0.137. The molecular formula is C20H19NO4. The fourth-order valence-electron chi connectivity index (χ4n) is 2.03. The number of amides is 1. The summed E-state index contributed by atoms with van der Waals surface area (Å²) in [5.74, 6) is -0.349. The average molecular weight is 337 g/mol. The standard InChI is InChI=1S/C20H19NO4/c1-24-17-11-8-16(9-12-17)14-18(20(23)25-2)21-19(22)13-10-15-6-4-3-5-7-15/h3-14H,1-2H3,(H,21,22)/b13-10+,18-14+. The van der Waals surface area contributed by atoms with Crippen LogP contribution in [-0.4, -0.2) is 26.1 Å². The van der Waals surface area contributed by atoms with Crippen LogP contribution < -0.4 is 10.1 Å². The topological polar surface area (TPSA) is 64.6 Å². The Morgan fingerprint density at radius 3 is 2.20 bits per heavy atom. The third kappa shape index (κ3) is 5.66. The summed E-state index contributed by atoms with van der Waals surface area (Å²) in [4.78, 5) is 24.0. The number of ether oxygens (including phenoxy) is 2. The van der Waals surface area contributed by atoms with E-state index in [1.54, 1.807) is 43.5 Å². The number of nitrogens with one attached hydrogen (secondary N) is 1. The van der Waals surface area contributed by atoms with Crippen molar-refractivity contribution in [2.75, 3.05) is 14.2 Å². The second kappa shape index (κ2) is 9.08. The van der Waals surface area contributed by atoms with Crippen LogP contribution >= 0.6 is 0 Å². The van der Waals surface area contributed by atoms with Crippen molar-refractivity contribution in [2.45, 2.75) is 0 Å². The quantitative estimate of drug-likeness (QED) is 0.650. The van der Waals surface area contributed by atoms with Crippen molar-refractivity contribution < 1.29 is 19.1 Å². The average Bonchev–Trinajstić information content (AvgIpc) is 2.66. The Labute approximate surface area is 146 Å². The molecule has 5 nitrogen and oxygen atoms in total. The molecule has 0 aliphatic heterocycles. The molecule has 0 saturated heterocycles. The minimum Gasteiger partial charge on any atom is -0.497 e. The number of carbonyl (C=O) groups is 2. The first kappa shape index (κ1) is 18.0. The second-order valence-electron chi connectivity index (χ2n) is 5.06. The van der Waals surface area contributed by atoms with Gasteiger partial charge in [0.2, 0.25) is 5.91 Å². The molecule has 0 unspecified atom stereocenters. The van der Waals surface area contributed by atoms with Gasteiger partial charge in [-0.15, -0.1) is 0 Å². The highest BCUT2D eigenvalue weighted by Crippen LogP contribution is 2.14. The number of benzene rings is 2. The largest absolute Gasteiger partial charge is 0.497 e. The molecule has 0 radical (unpaired) electrons. The highest BCUT2D eigenvalue weighted by molar-refractivity contribution is 6.02. The van der Waals surface area contributed by atoms with Crippen LogP contribution in [0.4, 0.5) is 0 Å². The zero-order valence-corrected chi connectivity index (χ0v) is 14.1. The van der Waals surface area contributed by atoms with Crippen molar-refractivity contribution in [3.05, 3.63) is 77.5 Å². The van der Waals surface area contributed by atoms with E-state index in [-0.39, 0.29) is 5.70 Å². The molecule has 1 N–H and O–H groups in total. The first-order valence-electron chi connectivity index (χ1n) is 7.60. The zero-order valence-electron chi connectivity index (χ0n) is 14.1. The SMILES string of the molecule is COC(=O)/C(=C\c1ccc(OC)cc1)NC(=O)/C=C/c1ccccc1. The van der Waals surface area contributed by atoms with Crippen molar-refractivity contribution in [2.24, 2.45) is 0 Å². The van der Waals surface area contributed by atoms with Crippen molar-refractivity contribution in [3.63, 3.8) is 0 Å². The zero-order chi connectivity index (χ0) is 18.1. The summed E-state index contributed by atoms with van der Waals surface area (Å²) < 4.78 is 9.81. The summed E-state index contributed by atoms with van der Waals surface area (Å²) in [6.07, 6.45) is 4.57. The van der Waals surface area contributed by atoms with Gasteiger partial charge in [-0.2, -0.15) is 0 Å². The molecule has 0 aliphatic rings. The van der Waals surface area contributed by atoms with Gasteiger partial charge in [0.15, 0.2) is 0 Å². The molecular weight excluding hydrogens is 318 g/mol. The van der Waals surface area contributed by atoms with Gasteiger partial charge in [-0.1, -0.05) is 42.5 Å². The highest BCUT2D eigenvalue weighted by Gasteiger charge is 2.12. The monoisotopic (exact) mass is 337 g/mol. The Hall–Kier alpha value is -3.34. The van der Waals surface area contributed by atoms with Crippen LogP contribution in [0.1, 0.15) is 11.1 Å². The number of carbonyl (C=O) groups excluding carboxylic acids is 2. The van der Waals surface area contributed by atoms with Crippen molar-refractivity contribution in [1.29, 1.82) is 0 Å². The van der Waals surface area contributed by atoms with E-state index in [0.717, 1.165) is 11.1 Å². The van der Waals surface area contributed by atoms with Crippen LogP contribution in [0.25, 0.3) is 12.2 Å². The minimum absolute atomic E-state index is 0.0513. The first-order chi connectivity index (χ1) is 12.1. The number of esters is 1. The molecule has 2 aromatic rings. The predicted octanol–water partition coefficient (Wildman–Crippen LogP) is 3.04. The van der Waals surface area contributed by atoms with Gasteiger partial charge in [-0.25, -0.2) is 4.79 Å². The van der Waals surface area contributed by atoms with Crippen molar-refractivity contribution in [1.82, 2.24) is 5.32 Å². The number of rotatable bonds is 6. The lowest BCUT2D eigenvalue weighted by Gasteiger charge is -2.07. The molecule has 0 saturated carbocycles. The normalized spacial score (nSPS) is 11.2. The predicted molar refractivity (Wildman–Crippen MR) is 96.6 cm³/mol. The van der Waals surface area contributed by atoms with Crippen LogP contribution in [0.2, 0.25) is 0 Å². The van der Waals surface area contributed by atoms with E-state index in [1.807, 2.05) is 30.3 Å². The third-order valence-electron chi connectivity index (χ3n) is 3.32. The fourth-order valence-corrected chi connectivity index (χ4v) is 2.03. The number of methoxy groups -OCH3 is 2. The molecule has 0 aromatic heterocycles. The molecule has 5 heteroatoms. The molecule has 1 amide bonds. The van der Waals surface area contributed by atoms with Gasteiger partial charge in [-0.3, -0.25) is 4.79 Å². The van der Waals surface area contributed by atoms with E-state index in [9.17, 15) is 9.59 Å². The lowest BCUT2D eigenvalue weighted by atomic mass is 10.2. The van der Waals surface area contributed by atoms with Crippen LogP contribution in [0.3, 0.4) is 0 Å². The van der Waals surface area contributed by atoms with Gasteiger partial charge in [0.05, 0.1) is 14.2 Å². The molecule has 128 valence electrons. The molecule has 0 fully saturated rings. The van der Waals surface area contributed by atoms with Crippen LogP contribution in [-0.2, 0) is 14.3 Å². The van der Waals surface area contributed by atoms with E-state index >= 15 is 0 Å². The van der Waals surface area contributed by atoms with Crippen LogP contribution in [0.5, 0.6) is 5.75 Å². The Morgan fingerprint density at radius 1 is 0.920 bits per heavy atom. The molecule has 0 atom stereocenters. The summed E-state index contributed by atoms with van der Waals surface area (Å²) in [5, 5.41) is 2.54. The number of hydrogen-bond acceptors (Lipinski definition) is 4. The van der Waals surface area contributed by atoms with Crippen molar-refractivity contribution in [3.8, 4) is 5.75 Å². The maximum Gasteiger partial charge on any atom is 0.354 e.